The molecule has 0 aliphatic carbocycles. The number of carbonyl (C=O) groups is 1. The number of halogens is 1. The first-order valence-corrected chi connectivity index (χ1v) is 6.21. The minimum absolute atomic E-state index is 0.0643. The highest BCUT2D eigenvalue weighted by atomic mass is 79.9. The lowest BCUT2D eigenvalue weighted by molar-refractivity contribution is 0.0994. The van der Waals surface area contributed by atoms with Gasteiger partial charge in [0.2, 0.25) is 0 Å². The standard InChI is InChI=1S/C14H12BrNO2/c15-10-4-5-12(13(16)8-10)14(18)7-9-2-1-3-11(17)6-9/h1-6,8,17H,7,16H2. The van der Waals surface area contributed by atoms with Gasteiger partial charge >= 0.3 is 0 Å². The Morgan fingerprint density at radius 2 is 2.00 bits per heavy atom. The summed E-state index contributed by atoms with van der Waals surface area (Å²) in [6.07, 6.45) is 0.222. The molecule has 0 saturated carbocycles. The summed E-state index contributed by atoms with van der Waals surface area (Å²) in [6, 6.07) is 11.8. The van der Waals surface area contributed by atoms with Gasteiger partial charge in [-0.2, -0.15) is 0 Å². The van der Waals surface area contributed by atoms with Gasteiger partial charge in [-0.1, -0.05) is 28.1 Å². The van der Waals surface area contributed by atoms with E-state index in [1.165, 1.54) is 0 Å². The summed E-state index contributed by atoms with van der Waals surface area (Å²) >= 11 is 3.30. The van der Waals surface area contributed by atoms with E-state index in [-0.39, 0.29) is 18.0 Å². The summed E-state index contributed by atoms with van der Waals surface area (Å²) in [5.41, 5.74) is 7.53. The predicted molar refractivity (Wildman–Crippen MR) is 74.7 cm³/mol. The average Bonchev–Trinajstić information content (AvgIpc) is 2.28. The molecule has 2 aromatic rings. The van der Waals surface area contributed by atoms with E-state index in [0.717, 1.165) is 10.0 Å². The van der Waals surface area contributed by atoms with Crippen LogP contribution in [0.3, 0.4) is 0 Å². The predicted octanol–water partition coefficient (Wildman–Crippen LogP) is 3.16. The highest BCUT2D eigenvalue weighted by Gasteiger charge is 2.11. The zero-order chi connectivity index (χ0) is 13.1. The Balaban J connectivity index is 2.22. The number of phenols is 1. The Hall–Kier alpha value is -1.81. The highest BCUT2D eigenvalue weighted by Crippen LogP contribution is 2.21. The van der Waals surface area contributed by atoms with Gasteiger partial charge in [-0.05, 0) is 35.9 Å². The van der Waals surface area contributed by atoms with E-state index in [1.54, 1.807) is 42.5 Å². The van der Waals surface area contributed by atoms with Gasteiger partial charge in [0, 0.05) is 22.1 Å². The van der Waals surface area contributed by atoms with Crippen LogP contribution in [0, 0.1) is 0 Å². The molecule has 92 valence electrons. The second-order valence-corrected chi connectivity index (χ2v) is 4.92. The molecule has 3 N–H and O–H groups in total. The van der Waals surface area contributed by atoms with Crippen molar-refractivity contribution in [1.82, 2.24) is 0 Å². The van der Waals surface area contributed by atoms with Gasteiger partial charge in [-0.3, -0.25) is 4.79 Å². The molecule has 0 heterocycles. The van der Waals surface area contributed by atoms with Crippen LogP contribution in [0.15, 0.2) is 46.9 Å². The van der Waals surface area contributed by atoms with E-state index in [9.17, 15) is 9.90 Å². The highest BCUT2D eigenvalue weighted by molar-refractivity contribution is 9.10. The minimum atomic E-state index is -0.0643. The maximum atomic E-state index is 12.1. The SMILES string of the molecule is Nc1cc(Br)ccc1C(=O)Cc1cccc(O)c1. The van der Waals surface area contributed by atoms with Gasteiger partial charge in [0.15, 0.2) is 5.78 Å². The molecule has 18 heavy (non-hydrogen) atoms. The van der Waals surface area contributed by atoms with Crippen molar-refractivity contribution >= 4 is 27.4 Å². The Morgan fingerprint density at radius 3 is 2.67 bits per heavy atom. The Morgan fingerprint density at radius 1 is 1.22 bits per heavy atom. The van der Waals surface area contributed by atoms with Crippen molar-refractivity contribution in [3.05, 3.63) is 58.1 Å². The number of benzene rings is 2. The average molecular weight is 306 g/mol. The van der Waals surface area contributed by atoms with E-state index in [1.807, 2.05) is 0 Å². The lowest BCUT2D eigenvalue weighted by Gasteiger charge is -2.06. The van der Waals surface area contributed by atoms with E-state index in [2.05, 4.69) is 15.9 Å². The van der Waals surface area contributed by atoms with Crippen LogP contribution in [0.5, 0.6) is 5.75 Å². The molecule has 3 nitrogen and oxygen atoms in total. The molecule has 0 amide bonds. The third kappa shape index (κ3) is 2.90. The van der Waals surface area contributed by atoms with Crippen molar-refractivity contribution in [2.45, 2.75) is 6.42 Å². The number of hydrogen-bond donors (Lipinski definition) is 2. The van der Waals surface area contributed by atoms with Crippen LogP contribution in [0.1, 0.15) is 15.9 Å². The molecule has 0 fully saturated rings. The maximum Gasteiger partial charge on any atom is 0.169 e. The van der Waals surface area contributed by atoms with E-state index in [4.69, 9.17) is 5.73 Å². The fourth-order valence-corrected chi connectivity index (χ4v) is 2.11. The summed E-state index contributed by atoms with van der Waals surface area (Å²) in [4.78, 5) is 12.1. The zero-order valence-electron chi connectivity index (χ0n) is 9.56. The maximum absolute atomic E-state index is 12.1. The number of nitrogen functional groups attached to an aromatic ring is 1. The van der Waals surface area contributed by atoms with Crippen molar-refractivity contribution < 1.29 is 9.90 Å². The van der Waals surface area contributed by atoms with Crippen LogP contribution in [0.4, 0.5) is 5.69 Å². The first-order valence-electron chi connectivity index (χ1n) is 5.42. The summed E-state index contributed by atoms with van der Waals surface area (Å²) < 4.78 is 0.842. The lowest BCUT2D eigenvalue weighted by atomic mass is 10.0. The fraction of sp³-hybridized carbons (Fsp3) is 0.0714. The Labute approximate surface area is 113 Å². The number of rotatable bonds is 3. The minimum Gasteiger partial charge on any atom is -0.508 e. The van der Waals surface area contributed by atoms with Gasteiger partial charge < -0.3 is 10.8 Å². The van der Waals surface area contributed by atoms with E-state index >= 15 is 0 Å². The molecule has 2 aromatic carbocycles. The number of phenolic OH excluding ortho intramolecular Hbond substituents is 1. The molecule has 2 rings (SSSR count). The van der Waals surface area contributed by atoms with Crippen LogP contribution >= 0.6 is 15.9 Å². The summed E-state index contributed by atoms with van der Waals surface area (Å²) in [5.74, 6) is 0.0923. The summed E-state index contributed by atoms with van der Waals surface area (Å²) in [5, 5.41) is 9.35. The van der Waals surface area contributed by atoms with Crippen molar-refractivity contribution in [3.8, 4) is 5.75 Å². The van der Waals surface area contributed by atoms with E-state index < -0.39 is 0 Å². The third-order valence-electron chi connectivity index (χ3n) is 2.59. The Kier molecular flexibility index (Phi) is 3.67. The third-order valence-corrected chi connectivity index (χ3v) is 3.08. The van der Waals surface area contributed by atoms with Crippen LogP contribution in [0.25, 0.3) is 0 Å². The molecule has 0 bridgehead atoms. The van der Waals surface area contributed by atoms with Crippen molar-refractivity contribution in [2.75, 3.05) is 5.73 Å². The number of anilines is 1. The number of Topliss-reactive ketones (excluding diaryl/α,β-unsaturated/α-hetero) is 1. The zero-order valence-corrected chi connectivity index (χ0v) is 11.1. The van der Waals surface area contributed by atoms with Gasteiger partial charge in [-0.15, -0.1) is 0 Å². The van der Waals surface area contributed by atoms with Crippen LogP contribution < -0.4 is 5.73 Å². The molecule has 0 unspecified atom stereocenters. The van der Waals surface area contributed by atoms with Gasteiger partial charge in [0.1, 0.15) is 5.75 Å². The smallest absolute Gasteiger partial charge is 0.169 e. The van der Waals surface area contributed by atoms with Crippen molar-refractivity contribution in [3.63, 3.8) is 0 Å². The quantitative estimate of drug-likeness (QED) is 0.676. The van der Waals surface area contributed by atoms with Crippen LogP contribution in [0.2, 0.25) is 0 Å². The molecule has 4 heteroatoms. The molecular weight excluding hydrogens is 294 g/mol. The fourth-order valence-electron chi connectivity index (χ4n) is 1.73. The summed E-state index contributed by atoms with van der Waals surface area (Å²) in [7, 11) is 0. The van der Waals surface area contributed by atoms with Crippen LogP contribution in [-0.2, 0) is 6.42 Å². The number of hydrogen-bond acceptors (Lipinski definition) is 3. The van der Waals surface area contributed by atoms with Gasteiger partial charge in [0.25, 0.3) is 0 Å². The Bertz CT molecular complexity index is 596. The second-order valence-electron chi connectivity index (χ2n) is 4.00. The molecule has 0 radical (unpaired) electrons. The molecule has 0 spiro atoms. The number of carbonyl (C=O) groups excluding carboxylic acids is 1. The molecule has 0 atom stereocenters. The molecular formula is C14H12BrNO2. The van der Waals surface area contributed by atoms with Crippen LogP contribution in [-0.4, -0.2) is 10.9 Å². The molecule has 0 saturated heterocycles. The molecule has 0 aliphatic rings. The van der Waals surface area contributed by atoms with Gasteiger partial charge in [-0.25, -0.2) is 0 Å². The number of aromatic hydroxyl groups is 1. The molecule has 0 aromatic heterocycles. The topological polar surface area (TPSA) is 63.3 Å². The number of ketones is 1. The monoisotopic (exact) mass is 305 g/mol. The lowest BCUT2D eigenvalue weighted by Crippen LogP contribution is -2.06. The first kappa shape index (κ1) is 12.6. The number of nitrogens with two attached hydrogens (primary N) is 1. The summed E-state index contributed by atoms with van der Waals surface area (Å²) in [6.45, 7) is 0. The second kappa shape index (κ2) is 5.23. The van der Waals surface area contributed by atoms with Crippen molar-refractivity contribution in [2.24, 2.45) is 0 Å². The largest absolute Gasteiger partial charge is 0.508 e. The van der Waals surface area contributed by atoms with E-state index in [0.29, 0.717) is 11.3 Å². The molecule has 0 aliphatic heterocycles. The first-order chi connectivity index (χ1) is 8.56. The normalized spacial score (nSPS) is 10.3. The van der Waals surface area contributed by atoms with Gasteiger partial charge in [0.05, 0.1) is 0 Å². The van der Waals surface area contributed by atoms with Crippen molar-refractivity contribution in [1.29, 1.82) is 0 Å².